The van der Waals surface area contributed by atoms with Crippen molar-refractivity contribution in [1.82, 2.24) is 5.32 Å². The monoisotopic (exact) mass is 371 g/mol. The highest BCUT2D eigenvalue weighted by atomic mass is 35.5. The first-order valence-corrected chi connectivity index (χ1v) is 8.51. The van der Waals surface area contributed by atoms with Crippen molar-refractivity contribution in [3.8, 4) is 5.75 Å². The number of carbonyl (C=O) groups excluding carboxylic acids is 1. The maximum atomic E-state index is 12.3. The maximum absolute atomic E-state index is 12.3. The summed E-state index contributed by atoms with van der Waals surface area (Å²) >= 11 is 6.07. The third-order valence-corrected chi connectivity index (χ3v) is 4.82. The number of carbonyl (C=O) groups is 1. The first-order chi connectivity index (χ1) is 12.4. The van der Waals surface area contributed by atoms with Crippen LogP contribution in [0.15, 0.2) is 45.6 Å². The smallest absolute Gasteiger partial charge is 0.340 e. The molecule has 1 amide bonds. The number of aromatic hydroxyl groups is 1. The first-order valence-electron chi connectivity index (χ1n) is 8.13. The van der Waals surface area contributed by atoms with Crippen molar-refractivity contribution >= 4 is 28.5 Å². The van der Waals surface area contributed by atoms with Crippen molar-refractivity contribution in [3.63, 3.8) is 0 Å². The summed E-state index contributed by atoms with van der Waals surface area (Å²) in [6, 6.07) is 10.5. The number of halogens is 1. The van der Waals surface area contributed by atoms with Crippen LogP contribution in [-0.2, 0) is 17.8 Å². The van der Waals surface area contributed by atoms with Crippen molar-refractivity contribution in [2.75, 3.05) is 0 Å². The fourth-order valence-corrected chi connectivity index (χ4v) is 3.04. The molecule has 2 aromatic carbocycles. The summed E-state index contributed by atoms with van der Waals surface area (Å²) in [4.78, 5) is 24.6. The molecule has 0 aliphatic carbocycles. The number of rotatable bonds is 4. The fraction of sp³-hybridized carbons (Fsp3) is 0.200. The summed E-state index contributed by atoms with van der Waals surface area (Å²) in [6.45, 7) is 3.73. The van der Waals surface area contributed by atoms with E-state index in [1.54, 1.807) is 32.0 Å². The molecule has 0 saturated carbocycles. The molecule has 0 aliphatic heterocycles. The molecule has 3 rings (SSSR count). The Morgan fingerprint density at radius 1 is 1.15 bits per heavy atom. The Balaban J connectivity index is 1.84. The van der Waals surface area contributed by atoms with E-state index in [0.29, 0.717) is 32.7 Å². The van der Waals surface area contributed by atoms with Gasteiger partial charge in [-0.2, -0.15) is 0 Å². The highest BCUT2D eigenvalue weighted by Crippen LogP contribution is 2.28. The molecule has 0 aliphatic rings. The largest absolute Gasteiger partial charge is 0.508 e. The second kappa shape index (κ2) is 7.22. The Kier molecular flexibility index (Phi) is 5.00. The fourth-order valence-electron chi connectivity index (χ4n) is 2.84. The van der Waals surface area contributed by atoms with E-state index in [1.807, 2.05) is 18.2 Å². The van der Waals surface area contributed by atoms with Gasteiger partial charge < -0.3 is 14.8 Å². The summed E-state index contributed by atoms with van der Waals surface area (Å²) < 4.78 is 5.35. The highest BCUT2D eigenvalue weighted by Gasteiger charge is 2.17. The Morgan fingerprint density at radius 3 is 2.62 bits per heavy atom. The topological polar surface area (TPSA) is 79.5 Å². The van der Waals surface area contributed by atoms with Crippen LogP contribution in [-0.4, -0.2) is 11.0 Å². The molecule has 0 atom stereocenters. The predicted molar refractivity (Wildman–Crippen MR) is 101 cm³/mol. The number of nitrogens with one attached hydrogen (secondary N) is 1. The molecule has 1 heterocycles. The van der Waals surface area contributed by atoms with Crippen molar-refractivity contribution in [1.29, 1.82) is 0 Å². The van der Waals surface area contributed by atoms with Gasteiger partial charge >= 0.3 is 5.63 Å². The van der Waals surface area contributed by atoms with E-state index in [1.165, 1.54) is 0 Å². The van der Waals surface area contributed by atoms with Crippen LogP contribution in [0.3, 0.4) is 0 Å². The minimum Gasteiger partial charge on any atom is -0.508 e. The van der Waals surface area contributed by atoms with Gasteiger partial charge in [0.2, 0.25) is 5.91 Å². The summed E-state index contributed by atoms with van der Waals surface area (Å²) in [7, 11) is 0. The van der Waals surface area contributed by atoms with Crippen LogP contribution >= 0.6 is 11.6 Å². The summed E-state index contributed by atoms with van der Waals surface area (Å²) in [5.74, 6) is -0.236. The lowest BCUT2D eigenvalue weighted by Gasteiger charge is -2.11. The lowest BCUT2D eigenvalue weighted by atomic mass is 10.0. The molecule has 0 unspecified atom stereocenters. The number of amides is 1. The number of phenols is 1. The van der Waals surface area contributed by atoms with Crippen LogP contribution < -0.4 is 10.9 Å². The maximum Gasteiger partial charge on any atom is 0.340 e. The molecule has 0 spiro atoms. The second-order valence-corrected chi connectivity index (χ2v) is 6.53. The van der Waals surface area contributed by atoms with Gasteiger partial charge in [-0.25, -0.2) is 4.79 Å². The Bertz CT molecular complexity index is 1060. The van der Waals surface area contributed by atoms with Gasteiger partial charge in [0.05, 0.1) is 12.0 Å². The minimum atomic E-state index is -0.573. The van der Waals surface area contributed by atoms with Crippen LogP contribution in [0.2, 0.25) is 5.02 Å². The third kappa shape index (κ3) is 3.44. The number of fused-ring (bicyclic) bond motifs is 1. The Morgan fingerprint density at radius 2 is 1.88 bits per heavy atom. The zero-order chi connectivity index (χ0) is 18.8. The van der Waals surface area contributed by atoms with E-state index in [0.717, 1.165) is 5.56 Å². The number of aryl methyl sites for hydroxylation is 2. The van der Waals surface area contributed by atoms with Gasteiger partial charge in [0.25, 0.3) is 0 Å². The van der Waals surface area contributed by atoms with Gasteiger partial charge in [0.15, 0.2) is 0 Å². The van der Waals surface area contributed by atoms with E-state index < -0.39 is 5.63 Å². The summed E-state index contributed by atoms with van der Waals surface area (Å²) in [5, 5.41) is 13.8. The first kappa shape index (κ1) is 18.0. The van der Waals surface area contributed by atoms with E-state index in [2.05, 4.69) is 5.32 Å². The average molecular weight is 372 g/mol. The molecule has 1 aromatic heterocycles. The molecule has 0 bridgehead atoms. The van der Waals surface area contributed by atoms with Crippen LogP contribution in [0.5, 0.6) is 5.75 Å². The van der Waals surface area contributed by atoms with Crippen LogP contribution in [0, 0.1) is 13.8 Å². The number of phenolic OH excluding ortho intramolecular Hbond substituents is 1. The van der Waals surface area contributed by atoms with Gasteiger partial charge in [-0.05, 0) is 43.2 Å². The van der Waals surface area contributed by atoms with E-state index in [9.17, 15) is 14.7 Å². The number of hydrogen-bond acceptors (Lipinski definition) is 4. The minimum absolute atomic E-state index is 0.0604. The lowest BCUT2D eigenvalue weighted by molar-refractivity contribution is -0.120. The second-order valence-electron chi connectivity index (χ2n) is 6.12. The zero-order valence-corrected chi connectivity index (χ0v) is 15.2. The van der Waals surface area contributed by atoms with Crippen LogP contribution in [0.1, 0.15) is 22.3 Å². The normalized spacial score (nSPS) is 10.9. The molecule has 0 radical (unpaired) electrons. The summed E-state index contributed by atoms with van der Waals surface area (Å²) in [6.07, 6.45) is -0.0888. The van der Waals surface area contributed by atoms with Gasteiger partial charge in [-0.3, -0.25) is 4.79 Å². The Labute approximate surface area is 155 Å². The molecule has 26 heavy (non-hydrogen) atoms. The number of benzene rings is 2. The highest BCUT2D eigenvalue weighted by molar-refractivity contribution is 6.31. The van der Waals surface area contributed by atoms with Crippen molar-refractivity contribution in [2.45, 2.75) is 26.8 Å². The van der Waals surface area contributed by atoms with Gasteiger partial charge in [-0.15, -0.1) is 0 Å². The van der Waals surface area contributed by atoms with Gasteiger partial charge in [-0.1, -0.05) is 29.8 Å². The van der Waals surface area contributed by atoms with Crippen molar-refractivity contribution in [3.05, 3.63) is 74.1 Å². The number of hydrogen-bond donors (Lipinski definition) is 2. The van der Waals surface area contributed by atoms with Crippen LogP contribution in [0.25, 0.3) is 11.0 Å². The molecule has 0 saturated heterocycles. The molecule has 5 nitrogen and oxygen atoms in total. The molecule has 6 heteroatoms. The SMILES string of the molecule is Cc1c(CC(=O)NCc2ccccc2Cl)c(=O)oc2c(C)c(O)ccc12. The average Bonchev–Trinajstić information content (AvgIpc) is 2.61. The molecule has 134 valence electrons. The quantitative estimate of drug-likeness (QED) is 0.686. The molecule has 2 N–H and O–H groups in total. The summed E-state index contributed by atoms with van der Waals surface area (Å²) in [5.41, 5.74) is 2.05. The molecular formula is C20H18ClNO4. The lowest BCUT2D eigenvalue weighted by Crippen LogP contribution is -2.27. The molecule has 3 aromatic rings. The standard InChI is InChI=1S/C20H18ClNO4/c1-11-14-7-8-17(23)12(2)19(14)26-20(25)15(11)9-18(24)22-10-13-5-3-4-6-16(13)21/h3-8,23H,9-10H2,1-2H3,(H,22,24). The van der Waals surface area contributed by atoms with Gasteiger partial charge in [0, 0.05) is 22.5 Å². The van der Waals surface area contributed by atoms with Gasteiger partial charge in [0.1, 0.15) is 11.3 Å². The van der Waals surface area contributed by atoms with Crippen LogP contribution in [0.4, 0.5) is 0 Å². The van der Waals surface area contributed by atoms with E-state index >= 15 is 0 Å². The third-order valence-electron chi connectivity index (χ3n) is 4.45. The van der Waals surface area contributed by atoms with E-state index in [-0.39, 0.29) is 24.6 Å². The predicted octanol–water partition coefficient (Wildman–Crippen LogP) is 3.63. The van der Waals surface area contributed by atoms with E-state index in [4.69, 9.17) is 16.0 Å². The Hall–Kier alpha value is -2.79. The van der Waals surface area contributed by atoms with Crippen molar-refractivity contribution in [2.24, 2.45) is 0 Å². The van der Waals surface area contributed by atoms with Crippen molar-refractivity contribution < 1.29 is 14.3 Å². The molecular weight excluding hydrogens is 354 g/mol. The molecule has 0 fully saturated rings. The zero-order valence-electron chi connectivity index (χ0n) is 14.4.